The lowest BCUT2D eigenvalue weighted by molar-refractivity contribution is 0.0940. The average molecular weight is 180 g/mol. The van der Waals surface area contributed by atoms with Gasteiger partial charge in [-0.2, -0.15) is 0 Å². The predicted molar refractivity (Wildman–Crippen MR) is 51.0 cm³/mol. The van der Waals surface area contributed by atoms with Crippen LogP contribution in [0.2, 0.25) is 0 Å². The Morgan fingerprint density at radius 1 is 1.33 bits per heavy atom. The van der Waals surface area contributed by atoms with Gasteiger partial charge >= 0.3 is 0 Å². The third kappa shape index (κ3) is 0.876. The summed E-state index contributed by atoms with van der Waals surface area (Å²) in [6.45, 7) is 6.23. The van der Waals surface area contributed by atoms with E-state index in [1.165, 1.54) is 10.4 Å². The summed E-state index contributed by atoms with van der Waals surface area (Å²) in [5.74, 6) is 0.972. The molecule has 0 saturated heterocycles. The second kappa shape index (κ2) is 2.43. The molecule has 0 bridgehead atoms. The standard InChI is InChI=1S/C10H12OS/c1-5-4-8-6(2)7(3)9(11)10(8)12-5/h4,6-7H,1-3H3/t6-,7-/m0/s1. The first kappa shape index (κ1) is 7.99. The van der Waals surface area contributed by atoms with Crippen LogP contribution in [-0.2, 0) is 0 Å². The van der Waals surface area contributed by atoms with Crippen molar-refractivity contribution in [3.8, 4) is 0 Å². The molecule has 1 heterocycles. The lowest BCUT2D eigenvalue weighted by Crippen LogP contribution is -2.06. The average Bonchev–Trinajstić information content (AvgIpc) is 2.49. The highest BCUT2D eigenvalue weighted by atomic mass is 32.1. The summed E-state index contributed by atoms with van der Waals surface area (Å²) in [7, 11) is 0. The molecule has 1 nitrogen and oxygen atoms in total. The molecule has 0 aliphatic heterocycles. The second-order valence-corrected chi connectivity index (χ2v) is 4.84. The maximum atomic E-state index is 11.6. The van der Waals surface area contributed by atoms with E-state index in [0.29, 0.717) is 11.7 Å². The molecule has 2 rings (SSSR count). The third-order valence-electron chi connectivity index (χ3n) is 2.76. The smallest absolute Gasteiger partial charge is 0.176 e. The zero-order valence-electron chi connectivity index (χ0n) is 7.55. The summed E-state index contributed by atoms with van der Waals surface area (Å²) in [5, 5.41) is 0. The van der Waals surface area contributed by atoms with Crippen molar-refractivity contribution in [2.75, 3.05) is 0 Å². The number of rotatable bonds is 0. The van der Waals surface area contributed by atoms with Gasteiger partial charge in [0.15, 0.2) is 5.78 Å². The van der Waals surface area contributed by atoms with Crippen molar-refractivity contribution in [2.45, 2.75) is 26.7 Å². The van der Waals surface area contributed by atoms with E-state index in [1.807, 2.05) is 6.92 Å². The Kier molecular flexibility index (Phi) is 1.62. The molecule has 0 fully saturated rings. The summed E-state index contributed by atoms with van der Waals surface area (Å²) < 4.78 is 0. The van der Waals surface area contributed by atoms with Crippen molar-refractivity contribution in [2.24, 2.45) is 5.92 Å². The summed E-state index contributed by atoms with van der Waals surface area (Å²) in [5.41, 5.74) is 1.27. The summed E-state index contributed by atoms with van der Waals surface area (Å²) in [6, 6.07) is 2.16. The summed E-state index contributed by atoms with van der Waals surface area (Å²) in [4.78, 5) is 13.9. The van der Waals surface area contributed by atoms with Gasteiger partial charge in [0.1, 0.15) is 0 Å². The Morgan fingerprint density at radius 3 is 2.58 bits per heavy atom. The van der Waals surface area contributed by atoms with Crippen molar-refractivity contribution < 1.29 is 4.79 Å². The Balaban J connectivity index is 2.57. The molecule has 1 aromatic rings. The van der Waals surface area contributed by atoms with Crippen LogP contribution < -0.4 is 0 Å². The first-order chi connectivity index (χ1) is 5.61. The van der Waals surface area contributed by atoms with Gasteiger partial charge in [0, 0.05) is 10.8 Å². The fourth-order valence-corrected chi connectivity index (χ4v) is 2.92. The van der Waals surface area contributed by atoms with Crippen LogP contribution in [0.15, 0.2) is 6.07 Å². The Labute approximate surface area is 76.4 Å². The fraction of sp³-hybridized carbons (Fsp3) is 0.500. The van der Waals surface area contributed by atoms with E-state index in [2.05, 4.69) is 19.9 Å². The molecule has 0 saturated carbocycles. The maximum Gasteiger partial charge on any atom is 0.176 e. The van der Waals surface area contributed by atoms with E-state index in [0.717, 1.165) is 4.88 Å². The molecule has 0 spiro atoms. The Bertz CT molecular complexity index is 338. The van der Waals surface area contributed by atoms with Gasteiger partial charge in [-0.05, 0) is 24.5 Å². The van der Waals surface area contributed by atoms with Crippen LogP contribution in [0.25, 0.3) is 0 Å². The highest BCUT2D eigenvalue weighted by molar-refractivity contribution is 7.14. The molecule has 2 heteroatoms. The number of carbonyl (C=O) groups is 1. The molecule has 1 aromatic heterocycles. The van der Waals surface area contributed by atoms with E-state index < -0.39 is 0 Å². The Hall–Kier alpha value is -0.630. The van der Waals surface area contributed by atoms with E-state index in [-0.39, 0.29) is 5.92 Å². The third-order valence-corrected chi connectivity index (χ3v) is 3.84. The minimum Gasteiger partial charge on any atom is -0.293 e. The number of hydrogen-bond acceptors (Lipinski definition) is 2. The summed E-state index contributed by atoms with van der Waals surface area (Å²) >= 11 is 1.64. The minimum atomic E-state index is 0.201. The van der Waals surface area contributed by atoms with Crippen LogP contribution in [0.5, 0.6) is 0 Å². The van der Waals surface area contributed by atoms with E-state index >= 15 is 0 Å². The van der Waals surface area contributed by atoms with Crippen LogP contribution in [0.1, 0.15) is 39.9 Å². The highest BCUT2D eigenvalue weighted by Crippen LogP contribution is 2.41. The number of Topliss-reactive ketones (excluding diaryl/α,β-unsaturated/α-hetero) is 1. The number of thiophene rings is 1. The van der Waals surface area contributed by atoms with Crippen LogP contribution >= 0.6 is 11.3 Å². The van der Waals surface area contributed by atoms with Gasteiger partial charge in [-0.15, -0.1) is 11.3 Å². The molecule has 2 atom stereocenters. The zero-order chi connectivity index (χ0) is 8.88. The molecule has 0 radical (unpaired) electrons. The highest BCUT2D eigenvalue weighted by Gasteiger charge is 2.35. The molecule has 0 unspecified atom stereocenters. The van der Waals surface area contributed by atoms with Gasteiger partial charge in [-0.25, -0.2) is 0 Å². The lowest BCUT2D eigenvalue weighted by atomic mass is 9.96. The SMILES string of the molecule is Cc1cc2c(s1)C(=O)[C@@H](C)[C@@H]2C. The maximum absolute atomic E-state index is 11.6. The van der Waals surface area contributed by atoms with Crippen molar-refractivity contribution in [1.82, 2.24) is 0 Å². The van der Waals surface area contributed by atoms with Crippen LogP contribution in [-0.4, -0.2) is 5.78 Å². The molecule has 1 aliphatic carbocycles. The number of ketones is 1. The van der Waals surface area contributed by atoms with Crippen LogP contribution in [0, 0.1) is 12.8 Å². The number of aryl methyl sites for hydroxylation is 1. The van der Waals surface area contributed by atoms with Crippen LogP contribution in [0.4, 0.5) is 0 Å². The van der Waals surface area contributed by atoms with E-state index in [9.17, 15) is 4.79 Å². The van der Waals surface area contributed by atoms with Crippen molar-refractivity contribution >= 4 is 17.1 Å². The molecule has 1 aliphatic rings. The second-order valence-electron chi connectivity index (χ2n) is 3.58. The molecule has 0 amide bonds. The van der Waals surface area contributed by atoms with Gasteiger partial charge in [-0.3, -0.25) is 4.79 Å². The largest absolute Gasteiger partial charge is 0.293 e. The van der Waals surface area contributed by atoms with Gasteiger partial charge in [0.05, 0.1) is 4.88 Å². The summed E-state index contributed by atoms with van der Waals surface area (Å²) in [6.07, 6.45) is 0. The molecule has 0 N–H and O–H groups in total. The molecular weight excluding hydrogens is 168 g/mol. The number of fused-ring (bicyclic) bond motifs is 1. The Morgan fingerprint density at radius 2 is 2.00 bits per heavy atom. The fourth-order valence-electron chi connectivity index (χ4n) is 1.77. The molecule has 64 valence electrons. The van der Waals surface area contributed by atoms with Gasteiger partial charge in [0.25, 0.3) is 0 Å². The van der Waals surface area contributed by atoms with Crippen LogP contribution in [0.3, 0.4) is 0 Å². The number of hydrogen-bond donors (Lipinski definition) is 0. The van der Waals surface area contributed by atoms with E-state index in [4.69, 9.17) is 0 Å². The first-order valence-corrected chi connectivity index (χ1v) is 5.07. The van der Waals surface area contributed by atoms with Crippen molar-refractivity contribution in [3.05, 3.63) is 21.4 Å². The van der Waals surface area contributed by atoms with Gasteiger partial charge in [-0.1, -0.05) is 13.8 Å². The topological polar surface area (TPSA) is 17.1 Å². The van der Waals surface area contributed by atoms with Gasteiger partial charge in [0.2, 0.25) is 0 Å². The minimum absolute atomic E-state index is 0.201. The quantitative estimate of drug-likeness (QED) is 0.600. The first-order valence-electron chi connectivity index (χ1n) is 4.26. The predicted octanol–water partition coefficient (Wildman–Crippen LogP) is 2.99. The number of carbonyl (C=O) groups excluding carboxylic acids is 1. The molecule has 12 heavy (non-hydrogen) atoms. The normalized spacial score (nSPS) is 27.8. The lowest BCUT2D eigenvalue weighted by Gasteiger charge is -2.06. The monoisotopic (exact) mass is 180 g/mol. The van der Waals surface area contributed by atoms with Crippen molar-refractivity contribution in [1.29, 1.82) is 0 Å². The van der Waals surface area contributed by atoms with Gasteiger partial charge < -0.3 is 0 Å². The van der Waals surface area contributed by atoms with Crippen molar-refractivity contribution in [3.63, 3.8) is 0 Å². The van der Waals surface area contributed by atoms with E-state index in [1.54, 1.807) is 11.3 Å². The molecule has 0 aromatic carbocycles. The zero-order valence-corrected chi connectivity index (χ0v) is 8.37. The molecular formula is C10H12OS.